The number of alkyl halides is 3. The smallest absolute Gasteiger partial charge is 0.372 e. The van der Waals surface area contributed by atoms with Gasteiger partial charge in [-0.05, 0) is 31.0 Å². The van der Waals surface area contributed by atoms with Gasteiger partial charge in [0.15, 0.2) is 0 Å². The topological polar surface area (TPSA) is 87.9 Å². The SMILES string of the molecule is CNc1ncnc(N2CCC(c3nc(-c4ccc(F)c(C(F)(F)F)c4)cn3C)CC2)c1-c1cnc(N(C)C)nc1. The van der Waals surface area contributed by atoms with Gasteiger partial charge in [-0.3, -0.25) is 0 Å². The number of halogens is 4. The molecular formula is C27H29F4N9. The lowest BCUT2D eigenvalue weighted by molar-refractivity contribution is -0.139. The predicted octanol–water partition coefficient (Wildman–Crippen LogP) is 4.98. The zero-order valence-electron chi connectivity index (χ0n) is 22.5. The third-order valence-electron chi connectivity index (χ3n) is 7.03. The third kappa shape index (κ3) is 5.27. The van der Waals surface area contributed by atoms with E-state index in [1.54, 1.807) is 25.6 Å². The van der Waals surface area contributed by atoms with Crippen LogP contribution in [-0.4, -0.2) is 63.7 Å². The third-order valence-corrected chi connectivity index (χ3v) is 7.03. The molecule has 3 aromatic heterocycles. The van der Waals surface area contributed by atoms with E-state index in [-0.39, 0.29) is 11.5 Å². The van der Waals surface area contributed by atoms with Crippen molar-refractivity contribution in [1.29, 1.82) is 0 Å². The second kappa shape index (κ2) is 10.7. The number of anilines is 3. The number of aryl methyl sites for hydroxylation is 1. The van der Waals surface area contributed by atoms with Crippen molar-refractivity contribution in [3.63, 3.8) is 0 Å². The summed E-state index contributed by atoms with van der Waals surface area (Å²) < 4.78 is 55.3. The summed E-state index contributed by atoms with van der Waals surface area (Å²) in [6.07, 6.45) is 3.47. The molecule has 4 aromatic rings. The molecule has 0 spiro atoms. The van der Waals surface area contributed by atoms with Crippen LogP contribution in [0.25, 0.3) is 22.4 Å². The molecule has 0 aliphatic carbocycles. The number of benzene rings is 1. The highest BCUT2D eigenvalue weighted by atomic mass is 19.4. The van der Waals surface area contributed by atoms with Gasteiger partial charge in [-0.1, -0.05) is 0 Å². The molecule has 40 heavy (non-hydrogen) atoms. The van der Waals surface area contributed by atoms with E-state index in [1.807, 2.05) is 30.6 Å². The Balaban J connectivity index is 1.37. The Hall–Kier alpha value is -4.29. The Morgan fingerprint density at radius 1 is 1.00 bits per heavy atom. The first-order chi connectivity index (χ1) is 19.1. The van der Waals surface area contributed by atoms with E-state index in [0.29, 0.717) is 30.5 Å². The zero-order valence-corrected chi connectivity index (χ0v) is 22.5. The van der Waals surface area contributed by atoms with E-state index < -0.39 is 17.6 Å². The Morgan fingerprint density at radius 3 is 2.33 bits per heavy atom. The number of hydrogen-bond donors (Lipinski definition) is 1. The number of nitrogens with one attached hydrogen (secondary N) is 1. The summed E-state index contributed by atoms with van der Waals surface area (Å²) in [5, 5.41) is 3.14. The van der Waals surface area contributed by atoms with Gasteiger partial charge in [-0.15, -0.1) is 0 Å². The molecule has 0 bridgehead atoms. The van der Waals surface area contributed by atoms with Crippen LogP contribution in [0.15, 0.2) is 43.1 Å². The highest BCUT2D eigenvalue weighted by Gasteiger charge is 2.35. The lowest BCUT2D eigenvalue weighted by atomic mass is 9.95. The van der Waals surface area contributed by atoms with Crippen LogP contribution in [0.1, 0.15) is 30.1 Å². The van der Waals surface area contributed by atoms with Gasteiger partial charge in [0, 0.05) is 76.9 Å². The molecule has 0 atom stereocenters. The molecule has 1 N–H and O–H groups in total. The van der Waals surface area contributed by atoms with Crippen LogP contribution in [0.4, 0.5) is 35.1 Å². The fourth-order valence-corrected chi connectivity index (χ4v) is 5.00. The number of aromatic nitrogens is 6. The number of hydrogen-bond acceptors (Lipinski definition) is 8. The Bertz CT molecular complexity index is 1490. The maximum atomic E-state index is 13.8. The van der Waals surface area contributed by atoms with Crippen molar-refractivity contribution in [3.8, 4) is 22.4 Å². The molecule has 13 heteroatoms. The average molecular weight is 556 g/mol. The summed E-state index contributed by atoms with van der Waals surface area (Å²) in [5.41, 5.74) is 0.904. The molecule has 0 unspecified atom stereocenters. The quantitative estimate of drug-likeness (QED) is 0.333. The molecular weight excluding hydrogens is 526 g/mol. The van der Waals surface area contributed by atoms with Crippen LogP contribution in [-0.2, 0) is 13.2 Å². The van der Waals surface area contributed by atoms with Crippen LogP contribution >= 0.6 is 0 Å². The molecule has 0 saturated carbocycles. The highest BCUT2D eigenvalue weighted by molar-refractivity contribution is 5.84. The van der Waals surface area contributed by atoms with Gasteiger partial charge < -0.3 is 19.7 Å². The molecule has 5 rings (SSSR count). The van der Waals surface area contributed by atoms with Gasteiger partial charge in [0.2, 0.25) is 5.95 Å². The minimum absolute atomic E-state index is 0.0919. The Kier molecular flexibility index (Phi) is 7.30. The van der Waals surface area contributed by atoms with Crippen LogP contribution < -0.4 is 15.1 Å². The van der Waals surface area contributed by atoms with Crippen molar-refractivity contribution < 1.29 is 17.6 Å². The van der Waals surface area contributed by atoms with Crippen molar-refractivity contribution in [2.45, 2.75) is 24.9 Å². The summed E-state index contributed by atoms with van der Waals surface area (Å²) >= 11 is 0. The summed E-state index contributed by atoms with van der Waals surface area (Å²) in [6.45, 7) is 1.37. The largest absolute Gasteiger partial charge is 0.419 e. The normalized spacial score (nSPS) is 14.4. The summed E-state index contributed by atoms with van der Waals surface area (Å²) in [6, 6.07) is 2.97. The molecule has 4 heterocycles. The minimum atomic E-state index is -4.78. The van der Waals surface area contributed by atoms with E-state index in [4.69, 9.17) is 0 Å². The van der Waals surface area contributed by atoms with Crippen molar-refractivity contribution in [2.24, 2.45) is 7.05 Å². The van der Waals surface area contributed by atoms with Gasteiger partial charge >= 0.3 is 6.18 Å². The Morgan fingerprint density at radius 2 is 1.70 bits per heavy atom. The van der Waals surface area contributed by atoms with E-state index in [1.165, 1.54) is 12.4 Å². The first-order valence-electron chi connectivity index (χ1n) is 12.7. The van der Waals surface area contributed by atoms with Crippen LogP contribution in [0.2, 0.25) is 0 Å². The second-order valence-corrected chi connectivity index (χ2v) is 9.89. The van der Waals surface area contributed by atoms with Crippen LogP contribution in [0.3, 0.4) is 0 Å². The fourth-order valence-electron chi connectivity index (χ4n) is 5.00. The second-order valence-electron chi connectivity index (χ2n) is 9.89. The molecule has 1 fully saturated rings. The number of nitrogens with zero attached hydrogens (tertiary/aromatic N) is 8. The molecule has 210 valence electrons. The summed E-state index contributed by atoms with van der Waals surface area (Å²) in [5.74, 6) is 1.60. The van der Waals surface area contributed by atoms with Crippen molar-refractivity contribution in [2.75, 3.05) is 49.3 Å². The maximum absolute atomic E-state index is 13.8. The molecule has 1 aromatic carbocycles. The van der Waals surface area contributed by atoms with Gasteiger partial charge in [0.25, 0.3) is 0 Å². The number of rotatable bonds is 6. The lowest BCUT2D eigenvalue weighted by Gasteiger charge is -2.33. The highest BCUT2D eigenvalue weighted by Crippen LogP contribution is 2.38. The number of imidazole rings is 1. The van der Waals surface area contributed by atoms with Gasteiger partial charge in [0.05, 0.1) is 16.8 Å². The van der Waals surface area contributed by atoms with Crippen molar-refractivity contribution in [1.82, 2.24) is 29.5 Å². The molecule has 1 aliphatic rings. The molecule has 1 saturated heterocycles. The van der Waals surface area contributed by atoms with E-state index in [2.05, 4.69) is 35.1 Å². The van der Waals surface area contributed by atoms with E-state index >= 15 is 0 Å². The number of piperidine rings is 1. The molecule has 0 radical (unpaired) electrons. The van der Waals surface area contributed by atoms with Gasteiger partial charge in [-0.25, -0.2) is 29.3 Å². The molecule has 1 aliphatic heterocycles. The summed E-state index contributed by atoms with van der Waals surface area (Å²) in [7, 11) is 7.37. The van der Waals surface area contributed by atoms with E-state index in [9.17, 15) is 17.6 Å². The maximum Gasteiger partial charge on any atom is 0.419 e. The van der Waals surface area contributed by atoms with Crippen molar-refractivity contribution >= 4 is 17.6 Å². The van der Waals surface area contributed by atoms with Gasteiger partial charge in [0.1, 0.15) is 29.6 Å². The Labute approximate surface area is 228 Å². The van der Waals surface area contributed by atoms with Crippen LogP contribution in [0.5, 0.6) is 0 Å². The van der Waals surface area contributed by atoms with Gasteiger partial charge in [-0.2, -0.15) is 13.2 Å². The fraction of sp³-hybridized carbons (Fsp3) is 0.370. The standard InChI is InChI=1S/C27H29F4N9/c1-32-23-22(18-12-33-26(34-13-18)38(2)3)25(36-15-35-23)40-9-7-16(8-10-40)24-37-21(14-39(24)4)17-5-6-20(28)19(11-17)27(29,30)31/h5-6,11-16H,7-10H2,1-4H3,(H,32,35,36). The average Bonchev–Trinajstić information content (AvgIpc) is 3.33. The lowest BCUT2D eigenvalue weighted by Crippen LogP contribution is -2.34. The summed E-state index contributed by atoms with van der Waals surface area (Å²) in [4.78, 5) is 26.6. The van der Waals surface area contributed by atoms with Crippen molar-refractivity contribution in [3.05, 3.63) is 60.3 Å². The van der Waals surface area contributed by atoms with E-state index in [0.717, 1.165) is 47.7 Å². The first-order valence-corrected chi connectivity index (χ1v) is 12.7. The molecule has 9 nitrogen and oxygen atoms in total. The predicted molar refractivity (Wildman–Crippen MR) is 145 cm³/mol. The zero-order chi connectivity index (χ0) is 28.6. The monoisotopic (exact) mass is 555 g/mol. The van der Waals surface area contributed by atoms with Crippen LogP contribution in [0, 0.1) is 5.82 Å². The molecule has 0 amide bonds. The first kappa shape index (κ1) is 27.3. The minimum Gasteiger partial charge on any atom is -0.372 e.